The molecule has 0 unspecified atom stereocenters. The summed E-state index contributed by atoms with van der Waals surface area (Å²) in [5.74, 6) is 0.709. The second kappa shape index (κ2) is 9.99. The minimum absolute atomic E-state index is 0.0336. The van der Waals surface area contributed by atoms with Crippen LogP contribution in [-0.4, -0.2) is 70.3 Å². The van der Waals surface area contributed by atoms with E-state index < -0.39 is 12.2 Å². The fourth-order valence-corrected chi connectivity index (χ4v) is 3.11. The summed E-state index contributed by atoms with van der Waals surface area (Å²) in [7, 11) is 0. The van der Waals surface area contributed by atoms with Crippen molar-refractivity contribution in [1.82, 2.24) is 5.32 Å². The number of ether oxygens (including phenoxy) is 1. The fourth-order valence-electron chi connectivity index (χ4n) is 3.11. The van der Waals surface area contributed by atoms with E-state index in [4.69, 9.17) is 20.1 Å². The zero-order valence-electron chi connectivity index (χ0n) is 15.4. The van der Waals surface area contributed by atoms with Gasteiger partial charge < -0.3 is 30.6 Å². The zero-order valence-corrected chi connectivity index (χ0v) is 15.4. The highest BCUT2D eigenvalue weighted by atomic mass is 16.5. The van der Waals surface area contributed by atoms with E-state index in [1.165, 1.54) is 0 Å². The summed E-state index contributed by atoms with van der Waals surface area (Å²) in [6.07, 6.45) is 0.221. The molecule has 0 radical (unpaired) electrons. The summed E-state index contributed by atoms with van der Waals surface area (Å²) in [4.78, 5) is 0. The minimum Gasteiger partial charge on any atom is -0.624 e. The molecule has 26 heavy (non-hydrogen) atoms. The Morgan fingerprint density at radius 2 is 1.92 bits per heavy atom. The Morgan fingerprint density at radius 1 is 1.23 bits per heavy atom. The summed E-state index contributed by atoms with van der Waals surface area (Å²) < 4.78 is 6.69. The van der Waals surface area contributed by atoms with Gasteiger partial charge in [0.15, 0.2) is 12.3 Å². The predicted molar refractivity (Wildman–Crippen MR) is 98.8 cm³/mol. The molecule has 1 aromatic rings. The average molecular weight is 366 g/mol. The van der Waals surface area contributed by atoms with Crippen LogP contribution in [0.5, 0.6) is 0 Å². The van der Waals surface area contributed by atoms with Crippen LogP contribution in [0.25, 0.3) is 0 Å². The lowest BCUT2D eigenvalue weighted by Gasteiger charge is -2.17. The van der Waals surface area contributed by atoms with Crippen molar-refractivity contribution in [2.75, 3.05) is 19.8 Å². The van der Waals surface area contributed by atoms with Crippen LogP contribution in [0.2, 0.25) is 0 Å². The van der Waals surface area contributed by atoms with Gasteiger partial charge in [0.05, 0.1) is 31.5 Å². The molecule has 1 aromatic carbocycles. The Morgan fingerprint density at radius 3 is 2.38 bits per heavy atom. The molecule has 2 aliphatic heterocycles. The highest BCUT2D eigenvalue weighted by molar-refractivity contribution is 5.57. The zero-order chi connectivity index (χ0) is 19.1. The average Bonchev–Trinajstić information content (AvgIpc) is 3.09. The minimum atomic E-state index is -0.810. The number of rotatable bonds is 5. The van der Waals surface area contributed by atoms with Crippen molar-refractivity contribution in [1.29, 1.82) is 0 Å². The van der Waals surface area contributed by atoms with Gasteiger partial charge in [-0.15, -0.1) is 0 Å². The first kappa shape index (κ1) is 20.8. The van der Waals surface area contributed by atoms with Gasteiger partial charge in [-0.05, 0) is 5.56 Å². The Balaban J connectivity index is 0.000000228. The first-order chi connectivity index (χ1) is 12.4. The second-order valence-electron chi connectivity index (χ2n) is 7.05. The maximum absolute atomic E-state index is 11.6. The van der Waals surface area contributed by atoms with E-state index in [1.54, 1.807) is 6.21 Å². The van der Waals surface area contributed by atoms with E-state index >= 15 is 0 Å². The molecule has 146 valence electrons. The fraction of sp³-hybridized carbons (Fsp3) is 0.632. The topological polar surface area (TPSA) is 108 Å². The maximum Gasteiger partial charge on any atom is 0.189 e. The van der Waals surface area contributed by atoms with Gasteiger partial charge in [-0.25, -0.2) is 4.74 Å². The number of hydrogen-bond acceptors (Lipinski definition) is 6. The van der Waals surface area contributed by atoms with E-state index in [2.05, 4.69) is 19.2 Å². The molecule has 0 amide bonds. The highest BCUT2D eigenvalue weighted by Crippen LogP contribution is 2.22. The van der Waals surface area contributed by atoms with E-state index in [0.29, 0.717) is 31.6 Å². The van der Waals surface area contributed by atoms with Crippen LogP contribution in [0.3, 0.4) is 0 Å². The van der Waals surface area contributed by atoms with Crippen molar-refractivity contribution in [3.63, 3.8) is 0 Å². The third-order valence-electron chi connectivity index (χ3n) is 5.14. The maximum atomic E-state index is 11.6. The number of hydrogen-bond donors (Lipinski definition) is 4. The number of aliphatic hydroxyl groups excluding tert-OH is 3. The van der Waals surface area contributed by atoms with Crippen LogP contribution in [0, 0.1) is 17.0 Å². The largest absolute Gasteiger partial charge is 0.624 e. The van der Waals surface area contributed by atoms with Crippen molar-refractivity contribution in [3.8, 4) is 0 Å². The molecular formula is C19H30N2O5. The van der Waals surface area contributed by atoms with Gasteiger partial charge in [0.2, 0.25) is 0 Å². The monoisotopic (exact) mass is 366 g/mol. The van der Waals surface area contributed by atoms with Gasteiger partial charge in [-0.3, -0.25) is 0 Å². The number of nitrogens with one attached hydrogen (secondary N) is 1. The standard InChI is InChI=1S/C14H19NO2.C5H11NO3/c1-11-8-15(16)14(12(11)2)10-17-9-13-6-4-3-5-7-13;7-2-3-5(9)4(8)1-6-3/h3-8,11-12,14H,9-10H2,1-2H3;3-9H,1-2H2/t11-,12+,14-;3-,4-,5-/m00/s1. The smallest absolute Gasteiger partial charge is 0.189 e. The molecule has 3 rings (SSSR count). The summed E-state index contributed by atoms with van der Waals surface area (Å²) in [6, 6.07) is 9.65. The third-order valence-corrected chi connectivity index (χ3v) is 5.14. The molecular weight excluding hydrogens is 336 g/mol. The molecule has 1 saturated heterocycles. The number of aliphatic hydroxyl groups is 3. The van der Waals surface area contributed by atoms with Crippen molar-refractivity contribution >= 4 is 6.21 Å². The molecule has 2 aliphatic rings. The summed E-state index contributed by atoms with van der Waals surface area (Å²) in [5.41, 5.74) is 1.15. The van der Waals surface area contributed by atoms with Gasteiger partial charge in [0.25, 0.3) is 0 Å². The molecule has 0 saturated carbocycles. The van der Waals surface area contributed by atoms with E-state index in [9.17, 15) is 5.21 Å². The first-order valence-corrected chi connectivity index (χ1v) is 9.06. The number of benzene rings is 1. The van der Waals surface area contributed by atoms with E-state index in [0.717, 1.165) is 10.3 Å². The van der Waals surface area contributed by atoms with Gasteiger partial charge in [-0.2, -0.15) is 0 Å². The van der Waals surface area contributed by atoms with Crippen LogP contribution < -0.4 is 5.32 Å². The van der Waals surface area contributed by atoms with Gasteiger partial charge >= 0.3 is 0 Å². The summed E-state index contributed by atoms with van der Waals surface area (Å²) in [6.45, 7) is 5.50. The van der Waals surface area contributed by atoms with Crippen LogP contribution in [-0.2, 0) is 11.3 Å². The number of β-amino-alcohol motifs (C(OH)–C–C–N with tert-alkyl or cyclic N) is 1. The Bertz CT molecular complexity index is 568. The number of nitrogens with zero attached hydrogens (tertiary/aromatic N) is 1. The summed E-state index contributed by atoms with van der Waals surface area (Å²) >= 11 is 0. The molecule has 0 spiro atoms. The Kier molecular flexibility index (Phi) is 7.99. The molecule has 7 heteroatoms. The molecule has 1 fully saturated rings. The molecule has 0 aromatic heterocycles. The molecule has 0 bridgehead atoms. The van der Waals surface area contributed by atoms with Crippen molar-refractivity contribution in [2.45, 2.75) is 44.7 Å². The lowest BCUT2D eigenvalue weighted by Crippen LogP contribution is -2.35. The number of hydroxylamine groups is 1. The normalized spacial score (nSPS) is 33.5. The Hall–Kier alpha value is -1.51. The van der Waals surface area contributed by atoms with E-state index in [-0.39, 0.29) is 18.7 Å². The van der Waals surface area contributed by atoms with Crippen LogP contribution in [0.1, 0.15) is 19.4 Å². The summed E-state index contributed by atoms with van der Waals surface area (Å²) in [5, 5.41) is 40.8. The van der Waals surface area contributed by atoms with Gasteiger partial charge in [0.1, 0.15) is 6.61 Å². The molecule has 0 aliphatic carbocycles. The predicted octanol–water partition coefficient (Wildman–Crippen LogP) is 0.111. The molecule has 4 N–H and O–H groups in total. The van der Waals surface area contributed by atoms with Crippen molar-refractivity contribution in [3.05, 3.63) is 41.1 Å². The molecule has 6 atom stereocenters. The SMILES string of the molecule is C[C@@H]1[C@@H](C)C=[N+]([O-])[C@H]1COCc1ccccc1.OC[C@@H]1NC[C@H](O)[C@H]1O. The van der Waals surface area contributed by atoms with Crippen molar-refractivity contribution < 1.29 is 24.8 Å². The highest BCUT2D eigenvalue weighted by Gasteiger charge is 2.35. The first-order valence-electron chi connectivity index (χ1n) is 9.06. The van der Waals surface area contributed by atoms with Crippen LogP contribution in [0.15, 0.2) is 30.3 Å². The quantitative estimate of drug-likeness (QED) is 0.435. The van der Waals surface area contributed by atoms with E-state index in [1.807, 2.05) is 30.3 Å². The van der Waals surface area contributed by atoms with Gasteiger partial charge in [-0.1, -0.05) is 44.2 Å². The lowest BCUT2D eigenvalue weighted by atomic mass is 9.94. The molecule has 2 heterocycles. The second-order valence-corrected chi connectivity index (χ2v) is 7.05. The molecule has 7 nitrogen and oxygen atoms in total. The van der Waals surface area contributed by atoms with Gasteiger partial charge in [0, 0.05) is 18.4 Å². The Labute approximate surface area is 154 Å². The van der Waals surface area contributed by atoms with Crippen LogP contribution in [0.4, 0.5) is 0 Å². The third kappa shape index (κ3) is 5.49. The van der Waals surface area contributed by atoms with Crippen LogP contribution >= 0.6 is 0 Å². The lowest BCUT2D eigenvalue weighted by molar-refractivity contribution is -0.500. The van der Waals surface area contributed by atoms with Crippen molar-refractivity contribution in [2.24, 2.45) is 11.8 Å².